The number of ketones is 1. The minimum Gasteiger partial charge on any atom is -0.495 e. The third-order valence-corrected chi connectivity index (χ3v) is 7.90. The van der Waals surface area contributed by atoms with Crippen molar-refractivity contribution in [2.45, 2.75) is 9.79 Å². The summed E-state index contributed by atoms with van der Waals surface area (Å²) in [5, 5.41) is 0. The van der Waals surface area contributed by atoms with Crippen molar-refractivity contribution in [3.63, 3.8) is 0 Å². The number of carbonyl (C=O) groups is 3. The summed E-state index contributed by atoms with van der Waals surface area (Å²) in [4.78, 5) is 34.1. The normalized spacial score (nSPS) is 11.4. The molecule has 13 heteroatoms. The maximum Gasteiger partial charge on any atom is 0.269 e. The Balaban J connectivity index is 2.66. The number of benzene rings is 2. The lowest BCUT2D eigenvalue weighted by Crippen LogP contribution is -2.26. The number of amides is 2. The lowest BCUT2D eigenvalue weighted by Gasteiger charge is -2.17. The number of methoxy groups -OCH3 is 2. The number of ether oxygens (including phenoxy) is 2. The van der Waals surface area contributed by atoms with E-state index < -0.39 is 35.6 Å². The summed E-state index contributed by atoms with van der Waals surface area (Å²) >= 11 is 0. The molecule has 0 unspecified atom stereocenters. The van der Waals surface area contributed by atoms with Crippen molar-refractivity contribution >= 4 is 38.7 Å². The van der Waals surface area contributed by atoms with E-state index in [9.17, 15) is 31.2 Å². The molecule has 0 aliphatic heterocycles. The summed E-state index contributed by atoms with van der Waals surface area (Å²) in [6.07, 6.45) is 0.181. The van der Waals surface area contributed by atoms with Gasteiger partial charge >= 0.3 is 0 Å². The molecule has 0 saturated carbocycles. The quantitative estimate of drug-likeness (QED) is 0.347. The molecule has 11 nitrogen and oxygen atoms in total. The van der Waals surface area contributed by atoms with E-state index in [1.807, 2.05) is 0 Å². The molecule has 0 bridgehead atoms. The summed E-state index contributed by atoms with van der Waals surface area (Å²) in [5.41, 5.74) is -0.220. The van der Waals surface area contributed by atoms with Crippen LogP contribution in [-0.2, 0) is 29.6 Å². The van der Waals surface area contributed by atoms with Crippen molar-refractivity contribution in [1.29, 1.82) is 0 Å². The van der Waals surface area contributed by atoms with Gasteiger partial charge in [-0.15, -0.1) is 0 Å². The van der Waals surface area contributed by atoms with Gasteiger partial charge in [0.05, 0.1) is 14.2 Å². The van der Waals surface area contributed by atoms with Gasteiger partial charge in [-0.2, -0.15) is 0 Å². The van der Waals surface area contributed by atoms with Crippen molar-refractivity contribution in [3.05, 3.63) is 47.5 Å². The fourth-order valence-corrected chi connectivity index (χ4v) is 4.84. The predicted molar refractivity (Wildman–Crippen MR) is 111 cm³/mol. The van der Waals surface area contributed by atoms with E-state index in [4.69, 9.17) is 9.47 Å². The van der Waals surface area contributed by atoms with Crippen LogP contribution in [0.5, 0.6) is 11.5 Å². The largest absolute Gasteiger partial charge is 0.495 e. The second-order valence-corrected chi connectivity index (χ2v) is 10.2. The van der Waals surface area contributed by atoms with Gasteiger partial charge in [-0.05, 0) is 36.4 Å². The van der Waals surface area contributed by atoms with Crippen LogP contribution in [0.2, 0.25) is 0 Å². The molecule has 0 N–H and O–H groups in total. The number of rotatable bonds is 10. The smallest absolute Gasteiger partial charge is 0.269 e. The SMILES string of the molecule is COc1ccc(C(=O)c2ccc(OC)c(S(=O)(=O)N(C)C=O)c2)cc1S(=O)(=O)N(C)C=O. The molecule has 0 saturated heterocycles. The number of hydrogen-bond donors (Lipinski definition) is 0. The number of hydrogen-bond acceptors (Lipinski definition) is 9. The van der Waals surface area contributed by atoms with E-state index in [0.29, 0.717) is 8.61 Å². The van der Waals surface area contributed by atoms with Crippen LogP contribution in [0.3, 0.4) is 0 Å². The van der Waals surface area contributed by atoms with Crippen LogP contribution in [0.25, 0.3) is 0 Å². The first kappa shape index (κ1) is 24.8. The fraction of sp³-hybridized carbons (Fsp3) is 0.211. The maximum absolute atomic E-state index is 13.0. The molecule has 2 aromatic carbocycles. The topological polar surface area (TPSA) is 144 Å². The average molecular weight is 485 g/mol. The lowest BCUT2D eigenvalue weighted by molar-refractivity contribution is -0.114. The Morgan fingerprint density at radius 3 is 1.38 bits per heavy atom. The van der Waals surface area contributed by atoms with Gasteiger partial charge in [0, 0.05) is 25.2 Å². The summed E-state index contributed by atoms with van der Waals surface area (Å²) in [6.45, 7) is 0. The summed E-state index contributed by atoms with van der Waals surface area (Å²) in [5.74, 6) is -0.910. The van der Waals surface area contributed by atoms with Crippen LogP contribution >= 0.6 is 0 Å². The molecule has 0 atom stereocenters. The van der Waals surface area contributed by atoms with Crippen LogP contribution in [0.4, 0.5) is 0 Å². The second-order valence-electron chi connectivity index (χ2n) is 6.31. The van der Waals surface area contributed by atoms with Gasteiger partial charge in [0.25, 0.3) is 20.0 Å². The van der Waals surface area contributed by atoms with Crippen molar-refractivity contribution in [2.24, 2.45) is 0 Å². The highest BCUT2D eigenvalue weighted by molar-refractivity contribution is 7.90. The standard InChI is InChI=1S/C19H20N2O9S2/c1-20(11-22)31(25,26)17-9-13(5-7-15(17)29-3)19(24)14-6-8-16(30-4)18(10-14)32(27,28)21(2)12-23/h5-12H,1-4H3. The van der Waals surface area contributed by atoms with Crippen LogP contribution in [0.15, 0.2) is 46.2 Å². The van der Waals surface area contributed by atoms with Crippen molar-refractivity contribution in [2.75, 3.05) is 28.3 Å². The van der Waals surface area contributed by atoms with E-state index in [1.54, 1.807) is 0 Å². The van der Waals surface area contributed by atoms with Gasteiger partial charge in [-0.25, -0.2) is 25.4 Å². The Hall–Kier alpha value is -3.45. The molecule has 0 aliphatic carbocycles. The Labute approximate surface area is 185 Å². The highest BCUT2D eigenvalue weighted by Gasteiger charge is 2.28. The van der Waals surface area contributed by atoms with Crippen molar-refractivity contribution in [3.8, 4) is 11.5 Å². The summed E-state index contributed by atoms with van der Waals surface area (Å²) in [6, 6.07) is 7.09. The predicted octanol–water partition coefficient (Wildman–Crippen LogP) is 0.489. The molecule has 2 rings (SSSR count). The highest BCUT2D eigenvalue weighted by atomic mass is 32.2. The van der Waals surface area contributed by atoms with E-state index >= 15 is 0 Å². The Morgan fingerprint density at radius 2 is 1.09 bits per heavy atom. The van der Waals surface area contributed by atoms with Crippen LogP contribution in [0, 0.1) is 0 Å². The van der Waals surface area contributed by atoms with E-state index in [2.05, 4.69) is 0 Å². The number of carbonyl (C=O) groups excluding carboxylic acids is 3. The van der Waals surface area contributed by atoms with Gasteiger partial charge in [0.1, 0.15) is 21.3 Å². The molecule has 32 heavy (non-hydrogen) atoms. The van der Waals surface area contributed by atoms with E-state index in [-0.39, 0.29) is 35.4 Å². The minimum atomic E-state index is -4.30. The molecular weight excluding hydrogens is 464 g/mol. The first-order valence-corrected chi connectivity index (χ1v) is 11.6. The molecule has 172 valence electrons. The molecule has 0 fully saturated rings. The summed E-state index contributed by atoms with van der Waals surface area (Å²) < 4.78 is 61.3. The molecule has 0 spiro atoms. The molecule has 2 amide bonds. The number of sulfonamides is 2. The molecule has 0 radical (unpaired) electrons. The Kier molecular flexibility index (Phi) is 7.26. The van der Waals surface area contributed by atoms with Gasteiger partial charge in [0.2, 0.25) is 12.8 Å². The van der Waals surface area contributed by atoms with Crippen molar-refractivity contribution < 1.29 is 40.7 Å². The third kappa shape index (κ3) is 4.43. The van der Waals surface area contributed by atoms with Gasteiger partial charge in [-0.3, -0.25) is 14.4 Å². The highest BCUT2D eigenvalue weighted by Crippen LogP contribution is 2.30. The maximum atomic E-state index is 13.0. The molecular formula is C19H20N2O9S2. The van der Waals surface area contributed by atoms with E-state index in [1.165, 1.54) is 38.5 Å². The zero-order valence-corrected chi connectivity index (χ0v) is 19.1. The number of nitrogens with zero attached hydrogens (tertiary/aromatic N) is 2. The molecule has 0 aliphatic rings. The van der Waals surface area contributed by atoms with E-state index in [0.717, 1.165) is 26.2 Å². The molecule has 0 aromatic heterocycles. The average Bonchev–Trinajstić information content (AvgIpc) is 2.81. The minimum absolute atomic E-state index is 0.0907. The second kappa shape index (κ2) is 9.36. The lowest BCUT2D eigenvalue weighted by atomic mass is 10.0. The van der Waals surface area contributed by atoms with Gasteiger partial charge in [0.15, 0.2) is 5.78 Å². The van der Waals surface area contributed by atoms with Crippen LogP contribution < -0.4 is 9.47 Å². The zero-order valence-electron chi connectivity index (χ0n) is 17.5. The fourth-order valence-electron chi connectivity index (χ4n) is 2.63. The first-order chi connectivity index (χ1) is 14.9. The van der Waals surface area contributed by atoms with Crippen LogP contribution in [-0.4, -0.2) is 72.4 Å². The molecule has 0 heterocycles. The first-order valence-electron chi connectivity index (χ1n) is 8.73. The zero-order chi connectivity index (χ0) is 24.3. The summed E-state index contributed by atoms with van der Waals surface area (Å²) in [7, 11) is -4.10. The monoisotopic (exact) mass is 484 g/mol. The Bertz CT molecular complexity index is 1170. The van der Waals surface area contributed by atoms with Gasteiger partial charge < -0.3 is 9.47 Å². The van der Waals surface area contributed by atoms with Crippen LogP contribution in [0.1, 0.15) is 15.9 Å². The van der Waals surface area contributed by atoms with Crippen molar-refractivity contribution in [1.82, 2.24) is 8.61 Å². The van der Waals surface area contributed by atoms with Gasteiger partial charge in [-0.1, -0.05) is 0 Å². The third-order valence-electron chi connectivity index (χ3n) is 4.46. The Morgan fingerprint density at radius 1 is 0.750 bits per heavy atom. The molecule has 2 aromatic rings.